The number of carbonyl (C=O) groups is 3. The summed E-state index contributed by atoms with van der Waals surface area (Å²) in [4.78, 5) is 39.2. The zero-order valence-electron chi connectivity index (χ0n) is 16.1. The van der Waals surface area contributed by atoms with E-state index in [4.69, 9.17) is 5.11 Å². The van der Waals surface area contributed by atoms with Gasteiger partial charge < -0.3 is 15.3 Å². The summed E-state index contributed by atoms with van der Waals surface area (Å²) in [7, 11) is 0. The number of nitrogens with one attached hydrogen (secondary N) is 1. The molecule has 150 valence electrons. The molecule has 2 aromatic carbocycles. The van der Waals surface area contributed by atoms with E-state index in [9.17, 15) is 14.4 Å². The van der Waals surface area contributed by atoms with E-state index < -0.39 is 12.0 Å². The van der Waals surface area contributed by atoms with Crippen molar-refractivity contribution in [2.75, 3.05) is 5.32 Å². The lowest BCUT2D eigenvalue weighted by Gasteiger charge is -2.33. The summed E-state index contributed by atoms with van der Waals surface area (Å²) in [5.41, 5.74) is 1.29. The molecule has 3 unspecified atom stereocenters. The Labute approximate surface area is 169 Å². The molecule has 1 aliphatic carbocycles. The van der Waals surface area contributed by atoms with Crippen LogP contribution in [0.25, 0.3) is 0 Å². The number of nitrogens with zero attached hydrogens (tertiary/aromatic N) is 1. The fourth-order valence-electron chi connectivity index (χ4n) is 4.64. The first kappa shape index (κ1) is 19.2. The quantitative estimate of drug-likeness (QED) is 0.829. The van der Waals surface area contributed by atoms with E-state index >= 15 is 0 Å². The molecule has 2 aromatic rings. The number of benzene rings is 2. The van der Waals surface area contributed by atoms with Crippen molar-refractivity contribution in [2.24, 2.45) is 5.92 Å². The van der Waals surface area contributed by atoms with Gasteiger partial charge >= 0.3 is 5.97 Å². The van der Waals surface area contributed by atoms with Gasteiger partial charge in [-0.2, -0.15) is 0 Å². The maximum Gasteiger partial charge on any atom is 0.335 e. The molecule has 4 rings (SSSR count). The van der Waals surface area contributed by atoms with Crippen LogP contribution < -0.4 is 5.32 Å². The Morgan fingerprint density at radius 1 is 0.897 bits per heavy atom. The SMILES string of the molecule is O=C(O)c1ccc(NC(=O)C2CC3CCCCC3N2C(=O)c2ccccc2)cc1. The Kier molecular flexibility index (Phi) is 5.34. The van der Waals surface area contributed by atoms with Crippen molar-refractivity contribution in [2.45, 2.75) is 44.2 Å². The summed E-state index contributed by atoms with van der Waals surface area (Å²) in [6, 6.07) is 14.8. The van der Waals surface area contributed by atoms with Crippen LogP contribution >= 0.6 is 0 Å². The molecule has 1 aliphatic heterocycles. The highest BCUT2D eigenvalue weighted by Gasteiger charge is 2.47. The maximum atomic E-state index is 13.3. The minimum absolute atomic E-state index is 0.0959. The van der Waals surface area contributed by atoms with E-state index in [0.29, 0.717) is 23.6 Å². The van der Waals surface area contributed by atoms with Crippen molar-refractivity contribution in [3.05, 3.63) is 65.7 Å². The molecule has 2 aliphatic rings. The van der Waals surface area contributed by atoms with Crippen LogP contribution in [0.15, 0.2) is 54.6 Å². The largest absolute Gasteiger partial charge is 0.478 e. The normalized spacial score (nSPS) is 23.3. The monoisotopic (exact) mass is 392 g/mol. The maximum absolute atomic E-state index is 13.3. The third-order valence-corrected chi connectivity index (χ3v) is 6.05. The number of carboxylic acid groups (broad SMARTS) is 1. The van der Waals surface area contributed by atoms with Gasteiger partial charge in [0, 0.05) is 17.3 Å². The third-order valence-electron chi connectivity index (χ3n) is 6.05. The molecule has 6 nitrogen and oxygen atoms in total. The van der Waals surface area contributed by atoms with Crippen LogP contribution in [0.3, 0.4) is 0 Å². The fraction of sp³-hybridized carbons (Fsp3) is 0.348. The zero-order chi connectivity index (χ0) is 20.4. The number of carbonyl (C=O) groups excluding carboxylic acids is 2. The van der Waals surface area contributed by atoms with Crippen LogP contribution in [0.5, 0.6) is 0 Å². The molecule has 2 fully saturated rings. The lowest BCUT2D eigenvalue weighted by molar-refractivity contribution is -0.120. The van der Waals surface area contributed by atoms with Crippen LogP contribution in [0.2, 0.25) is 0 Å². The van der Waals surface area contributed by atoms with Gasteiger partial charge in [-0.05, 0) is 61.6 Å². The van der Waals surface area contributed by atoms with Crippen molar-refractivity contribution in [1.29, 1.82) is 0 Å². The van der Waals surface area contributed by atoms with Crippen LogP contribution in [-0.2, 0) is 4.79 Å². The Balaban J connectivity index is 1.57. The standard InChI is InChI=1S/C23H24N2O4/c26-21(24-18-12-10-16(11-13-18)23(28)29)20-14-17-8-4-5-9-19(17)25(20)22(27)15-6-2-1-3-7-15/h1-3,6-7,10-13,17,19-20H,4-5,8-9,14H2,(H,24,26)(H,28,29). The van der Waals surface area contributed by atoms with E-state index in [0.717, 1.165) is 25.7 Å². The Morgan fingerprint density at radius 3 is 2.28 bits per heavy atom. The van der Waals surface area contributed by atoms with E-state index in [1.165, 1.54) is 12.1 Å². The highest BCUT2D eigenvalue weighted by Crippen LogP contribution is 2.40. The Bertz CT molecular complexity index is 910. The van der Waals surface area contributed by atoms with Crippen LogP contribution in [-0.4, -0.2) is 39.9 Å². The average Bonchev–Trinajstić information content (AvgIpc) is 3.14. The van der Waals surface area contributed by atoms with Crippen LogP contribution in [0, 0.1) is 5.92 Å². The molecule has 3 atom stereocenters. The van der Waals surface area contributed by atoms with Gasteiger partial charge in [-0.25, -0.2) is 4.79 Å². The number of hydrogen-bond acceptors (Lipinski definition) is 3. The van der Waals surface area contributed by atoms with Gasteiger partial charge in [0.25, 0.3) is 5.91 Å². The minimum Gasteiger partial charge on any atom is -0.478 e. The smallest absolute Gasteiger partial charge is 0.335 e. The van der Waals surface area contributed by atoms with Gasteiger partial charge in [-0.15, -0.1) is 0 Å². The number of likely N-dealkylation sites (tertiary alicyclic amines) is 1. The predicted molar refractivity (Wildman–Crippen MR) is 109 cm³/mol. The number of amides is 2. The summed E-state index contributed by atoms with van der Waals surface area (Å²) in [6.45, 7) is 0. The second-order valence-electron chi connectivity index (χ2n) is 7.81. The highest BCUT2D eigenvalue weighted by atomic mass is 16.4. The topological polar surface area (TPSA) is 86.7 Å². The second kappa shape index (κ2) is 8.07. The number of fused-ring (bicyclic) bond motifs is 1. The molecule has 29 heavy (non-hydrogen) atoms. The van der Waals surface area contributed by atoms with Crippen molar-refractivity contribution in [1.82, 2.24) is 4.90 Å². The molecule has 0 radical (unpaired) electrons. The summed E-state index contributed by atoms with van der Waals surface area (Å²) >= 11 is 0. The first-order chi connectivity index (χ1) is 14.0. The van der Waals surface area contributed by atoms with Crippen molar-refractivity contribution in [3.8, 4) is 0 Å². The molecule has 2 N–H and O–H groups in total. The zero-order valence-corrected chi connectivity index (χ0v) is 16.1. The van der Waals surface area contributed by atoms with E-state index in [2.05, 4.69) is 5.32 Å². The number of rotatable bonds is 4. The van der Waals surface area contributed by atoms with E-state index in [1.807, 2.05) is 18.2 Å². The minimum atomic E-state index is -1.01. The van der Waals surface area contributed by atoms with Gasteiger partial charge in [0.2, 0.25) is 5.91 Å². The number of carboxylic acids is 1. The summed E-state index contributed by atoms with van der Waals surface area (Å²) in [6.07, 6.45) is 4.85. The lowest BCUT2D eigenvalue weighted by Crippen LogP contribution is -2.47. The lowest BCUT2D eigenvalue weighted by atomic mass is 9.84. The molecular weight excluding hydrogens is 368 g/mol. The molecule has 0 aromatic heterocycles. The van der Waals surface area contributed by atoms with Crippen molar-refractivity contribution in [3.63, 3.8) is 0 Å². The van der Waals surface area contributed by atoms with Crippen LogP contribution in [0.1, 0.15) is 52.8 Å². The number of aromatic carboxylic acids is 1. The second-order valence-corrected chi connectivity index (χ2v) is 7.81. The van der Waals surface area contributed by atoms with Gasteiger partial charge in [-0.1, -0.05) is 31.0 Å². The Morgan fingerprint density at radius 2 is 1.59 bits per heavy atom. The molecule has 0 spiro atoms. The summed E-state index contributed by atoms with van der Waals surface area (Å²) in [5.74, 6) is -0.975. The molecular formula is C23H24N2O4. The summed E-state index contributed by atoms with van der Waals surface area (Å²) in [5, 5.41) is 11.9. The molecule has 1 saturated carbocycles. The Hall–Kier alpha value is -3.15. The van der Waals surface area contributed by atoms with Crippen LogP contribution in [0.4, 0.5) is 5.69 Å². The summed E-state index contributed by atoms with van der Waals surface area (Å²) < 4.78 is 0. The van der Waals surface area contributed by atoms with Gasteiger partial charge in [-0.3, -0.25) is 9.59 Å². The van der Waals surface area contributed by atoms with E-state index in [-0.39, 0.29) is 23.4 Å². The van der Waals surface area contributed by atoms with Crippen molar-refractivity contribution >= 4 is 23.5 Å². The predicted octanol–water partition coefficient (Wildman–Crippen LogP) is 3.80. The number of hydrogen-bond donors (Lipinski definition) is 2. The van der Waals surface area contributed by atoms with Crippen molar-refractivity contribution < 1.29 is 19.5 Å². The third kappa shape index (κ3) is 3.88. The average molecular weight is 392 g/mol. The van der Waals surface area contributed by atoms with Gasteiger partial charge in [0.15, 0.2) is 0 Å². The molecule has 1 saturated heterocycles. The highest BCUT2D eigenvalue weighted by molar-refractivity contribution is 6.02. The van der Waals surface area contributed by atoms with E-state index in [1.54, 1.807) is 29.2 Å². The van der Waals surface area contributed by atoms with Gasteiger partial charge in [0.05, 0.1) is 5.56 Å². The first-order valence-electron chi connectivity index (χ1n) is 10.1. The van der Waals surface area contributed by atoms with Gasteiger partial charge in [0.1, 0.15) is 6.04 Å². The molecule has 6 heteroatoms. The molecule has 1 heterocycles. The molecule has 0 bridgehead atoms. The number of anilines is 1. The molecule has 2 amide bonds. The first-order valence-corrected chi connectivity index (χ1v) is 10.1. The fourth-order valence-corrected chi connectivity index (χ4v) is 4.64.